The molecule has 4 aromatic heterocycles. The highest BCUT2D eigenvalue weighted by Crippen LogP contribution is 2.48. The highest BCUT2D eigenvalue weighted by molar-refractivity contribution is 6.32. The molecule has 12 nitrogen and oxygen atoms in total. The molecule has 0 unspecified atom stereocenters. The van der Waals surface area contributed by atoms with E-state index in [1.165, 1.54) is 36.4 Å². The van der Waals surface area contributed by atoms with E-state index in [1.807, 2.05) is 0 Å². The molecular weight excluding hydrogens is 659 g/mol. The Morgan fingerprint density at radius 2 is 1.21 bits per heavy atom. The maximum Gasteiger partial charge on any atom is 0.341 e. The van der Waals surface area contributed by atoms with E-state index in [4.69, 9.17) is 42.5 Å². The van der Waals surface area contributed by atoms with Crippen molar-refractivity contribution in [1.29, 1.82) is 0 Å². The van der Waals surface area contributed by atoms with Crippen molar-refractivity contribution in [2.45, 2.75) is 78.7 Å². The Hall–Kier alpha value is -4.16. The molecule has 256 valence electrons. The number of carbonyl (C=O) groups excluding carboxylic acids is 1. The Labute approximate surface area is 289 Å². The van der Waals surface area contributed by atoms with Crippen LogP contribution in [0.1, 0.15) is 93.9 Å². The number of rotatable bonds is 12. The highest BCUT2D eigenvalue weighted by atomic mass is 35.5. The van der Waals surface area contributed by atoms with Crippen molar-refractivity contribution in [3.05, 3.63) is 70.2 Å². The van der Waals surface area contributed by atoms with E-state index >= 15 is 0 Å². The average molecular weight is 700 g/mol. The first-order chi connectivity index (χ1) is 22.6. The maximum atomic E-state index is 12.1. The van der Waals surface area contributed by atoms with Crippen LogP contribution in [-0.4, -0.2) is 65.4 Å². The molecule has 2 aliphatic rings. The minimum atomic E-state index is -1.11. The summed E-state index contributed by atoms with van der Waals surface area (Å²) < 4.78 is 19.7. The smallest absolute Gasteiger partial charge is 0.341 e. The van der Waals surface area contributed by atoms with Gasteiger partial charge in [0.2, 0.25) is 11.8 Å². The van der Waals surface area contributed by atoms with Gasteiger partial charge < -0.3 is 19.3 Å². The molecule has 0 amide bonds. The molecule has 4 heterocycles. The summed E-state index contributed by atoms with van der Waals surface area (Å²) in [5, 5.41) is 17.6. The minimum Gasteiger partial charge on any atom is -0.478 e. The summed E-state index contributed by atoms with van der Waals surface area (Å²) in [6.45, 7) is 11.2. The van der Waals surface area contributed by atoms with E-state index in [-0.39, 0.29) is 21.4 Å². The normalized spacial score (nSPS) is 15.6. The summed E-state index contributed by atoms with van der Waals surface area (Å²) in [5.74, 6) is 0.403. The molecule has 2 fully saturated rings. The Balaban J connectivity index is 0.000000190. The Bertz CT molecular complexity index is 1770. The standard InChI is InChI=1S/C19H24ClN3O3.C15H16ClN3O3/c1-18(2,3)26-17(24)13-5-6-14(21-16(13)20)23-11-7-15(22-23)25-12-10-19(4)8-9-19;1-15(5-6-15)7-9-22-12-4-8-19(18-12)11-3-2-10(14(20)21)13(16)17-11/h5-7,11H,8-10,12H2,1-4H3;2-4,8H,5-7,9H2,1H3,(H,20,21). The first-order valence-corrected chi connectivity index (χ1v) is 16.6. The van der Waals surface area contributed by atoms with Crippen LogP contribution in [0, 0.1) is 10.8 Å². The molecule has 0 aromatic carbocycles. The van der Waals surface area contributed by atoms with Gasteiger partial charge in [0, 0.05) is 24.5 Å². The van der Waals surface area contributed by atoms with Crippen LogP contribution < -0.4 is 9.47 Å². The lowest BCUT2D eigenvalue weighted by Crippen LogP contribution is -2.24. The number of carboxylic acid groups (broad SMARTS) is 1. The number of nitrogens with zero attached hydrogens (tertiary/aromatic N) is 6. The third-order valence-electron chi connectivity index (χ3n) is 8.23. The third-order valence-corrected chi connectivity index (χ3v) is 8.81. The molecule has 1 N–H and O–H groups in total. The number of carbonyl (C=O) groups is 2. The Morgan fingerprint density at radius 3 is 1.58 bits per heavy atom. The zero-order valence-electron chi connectivity index (χ0n) is 27.7. The van der Waals surface area contributed by atoms with Crippen LogP contribution in [0.15, 0.2) is 48.8 Å². The third kappa shape index (κ3) is 9.70. The van der Waals surface area contributed by atoms with Gasteiger partial charge in [-0.25, -0.2) is 28.9 Å². The molecule has 2 aliphatic carbocycles. The van der Waals surface area contributed by atoms with Gasteiger partial charge in [-0.05, 0) is 94.4 Å². The summed E-state index contributed by atoms with van der Waals surface area (Å²) in [4.78, 5) is 31.3. The predicted molar refractivity (Wildman–Crippen MR) is 180 cm³/mol. The zero-order valence-corrected chi connectivity index (χ0v) is 29.2. The molecule has 2 saturated carbocycles. The first kappa shape index (κ1) is 35.2. The predicted octanol–water partition coefficient (Wildman–Crippen LogP) is 7.63. The topological polar surface area (TPSA) is 143 Å². The van der Waals surface area contributed by atoms with E-state index in [2.05, 4.69) is 34.0 Å². The molecule has 0 atom stereocenters. The van der Waals surface area contributed by atoms with Crippen LogP contribution in [0.3, 0.4) is 0 Å². The Kier molecular flexibility index (Phi) is 10.4. The second kappa shape index (κ2) is 14.1. The molecule has 14 heteroatoms. The fourth-order valence-corrected chi connectivity index (χ4v) is 4.96. The second-order valence-corrected chi connectivity index (χ2v) is 14.6. The van der Waals surface area contributed by atoms with Crippen molar-refractivity contribution in [3.8, 4) is 23.4 Å². The van der Waals surface area contributed by atoms with Crippen molar-refractivity contribution in [2.75, 3.05) is 13.2 Å². The number of ether oxygens (including phenoxy) is 3. The number of aromatic nitrogens is 6. The fourth-order valence-electron chi connectivity index (χ4n) is 4.50. The molecule has 0 spiro atoms. The molecule has 48 heavy (non-hydrogen) atoms. The van der Waals surface area contributed by atoms with Crippen LogP contribution in [0.2, 0.25) is 10.3 Å². The van der Waals surface area contributed by atoms with Gasteiger partial charge in [-0.3, -0.25) is 0 Å². The molecule has 0 bridgehead atoms. The number of halogens is 2. The summed E-state index contributed by atoms with van der Waals surface area (Å²) in [6, 6.07) is 9.76. The van der Waals surface area contributed by atoms with Gasteiger partial charge in [0.1, 0.15) is 15.9 Å². The molecule has 4 aromatic rings. The van der Waals surface area contributed by atoms with Gasteiger partial charge in [0.05, 0.1) is 24.3 Å². The van der Waals surface area contributed by atoms with Crippen molar-refractivity contribution < 1.29 is 28.9 Å². The van der Waals surface area contributed by atoms with E-state index < -0.39 is 17.5 Å². The van der Waals surface area contributed by atoms with Crippen LogP contribution >= 0.6 is 23.2 Å². The van der Waals surface area contributed by atoms with E-state index in [0.29, 0.717) is 47.4 Å². The summed E-state index contributed by atoms with van der Waals surface area (Å²) in [5.41, 5.74) is 0.503. The number of hydrogen-bond donors (Lipinski definition) is 1. The van der Waals surface area contributed by atoms with Gasteiger partial charge in [-0.2, -0.15) is 0 Å². The van der Waals surface area contributed by atoms with Gasteiger partial charge in [0.25, 0.3) is 0 Å². The monoisotopic (exact) mass is 698 g/mol. The first-order valence-electron chi connectivity index (χ1n) is 15.8. The number of carboxylic acids is 1. The van der Waals surface area contributed by atoms with Crippen molar-refractivity contribution in [2.24, 2.45) is 10.8 Å². The van der Waals surface area contributed by atoms with Crippen molar-refractivity contribution >= 4 is 35.1 Å². The summed E-state index contributed by atoms with van der Waals surface area (Å²) in [7, 11) is 0. The van der Waals surface area contributed by atoms with Gasteiger partial charge >= 0.3 is 11.9 Å². The molecule has 0 aliphatic heterocycles. The van der Waals surface area contributed by atoms with Crippen LogP contribution in [0.4, 0.5) is 0 Å². The maximum absolute atomic E-state index is 12.1. The zero-order chi connectivity index (χ0) is 34.7. The lowest BCUT2D eigenvalue weighted by Gasteiger charge is -2.19. The Morgan fingerprint density at radius 1 is 0.771 bits per heavy atom. The average Bonchev–Trinajstić information content (AvgIpc) is 3.77. The number of hydrogen-bond acceptors (Lipinski definition) is 9. The van der Waals surface area contributed by atoms with E-state index in [0.717, 1.165) is 12.8 Å². The van der Waals surface area contributed by atoms with Gasteiger partial charge in [-0.15, -0.1) is 10.2 Å². The quantitative estimate of drug-likeness (QED) is 0.116. The number of pyridine rings is 2. The molecular formula is C34H40Cl2N6O6. The van der Waals surface area contributed by atoms with Crippen LogP contribution in [0.5, 0.6) is 11.8 Å². The second-order valence-electron chi connectivity index (χ2n) is 13.8. The van der Waals surface area contributed by atoms with Crippen molar-refractivity contribution in [1.82, 2.24) is 29.5 Å². The van der Waals surface area contributed by atoms with Crippen LogP contribution in [0.25, 0.3) is 11.6 Å². The number of esters is 1. The lowest BCUT2D eigenvalue weighted by molar-refractivity contribution is 0.00690. The minimum absolute atomic E-state index is 0.0354. The molecule has 6 rings (SSSR count). The lowest BCUT2D eigenvalue weighted by atomic mass is 10.1. The van der Waals surface area contributed by atoms with E-state index in [1.54, 1.807) is 68.2 Å². The molecule has 0 radical (unpaired) electrons. The summed E-state index contributed by atoms with van der Waals surface area (Å²) in [6.07, 6.45) is 10.6. The highest BCUT2D eigenvalue weighted by Gasteiger charge is 2.37. The summed E-state index contributed by atoms with van der Waals surface area (Å²) >= 11 is 12.0. The molecule has 0 saturated heterocycles. The van der Waals surface area contributed by atoms with Crippen LogP contribution in [-0.2, 0) is 4.74 Å². The van der Waals surface area contributed by atoms with Gasteiger partial charge in [0.15, 0.2) is 11.6 Å². The van der Waals surface area contributed by atoms with E-state index in [9.17, 15) is 9.59 Å². The number of aromatic carboxylic acids is 1. The van der Waals surface area contributed by atoms with Gasteiger partial charge in [-0.1, -0.05) is 37.0 Å². The van der Waals surface area contributed by atoms with Crippen molar-refractivity contribution in [3.63, 3.8) is 0 Å². The fraction of sp³-hybridized carbons (Fsp3) is 0.471. The SMILES string of the molecule is CC1(CCOc2ccn(-c3ccc(C(=O)O)c(Cl)n3)n2)CC1.CC1(CCOc2ccn(-c3ccc(C(=O)OC(C)(C)C)c(Cl)n3)n2)CC1. The largest absolute Gasteiger partial charge is 0.478 e.